The molecule has 47 heavy (non-hydrogen) atoms. The van der Waals surface area contributed by atoms with Crippen molar-refractivity contribution in [3.8, 4) is 0 Å². The zero-order valence-corrected chi connectivity index (χ0v) is 27.8. The number of nitrogens with one attached hydrogen (secondary N) is 2. The normalized spacial score (nSPS) is 18.6. The molecule has 2 aliphatic heterocycles. The number of ether oxygens (including phenoxy) is 1. The smallest absolute Gasteiger partial charge is 0.407 e. The van der Waals surface area contributed by atoms with Gasteiger partial charge in [-0.15, -0.1) is 16.9 Å². The van der Waals surface area contributed by atoms with Crippen LogP contribution in [0.4, 0.5) is 9.93 Å². The number of rotatable bonds is 14. The van der Waals surface area contributed by atoms with Gasteiger partial charge in [-0.3, -0.25) is 14.5 Å². The topological polar surface area (TPSA) is 279 Å². The summed E-state index contributed by atoms with van der Waals surface area (Å²) in [7, 11) is 0. The molecule has 0 radical (unpaired) electrons. The Kier molecular flexibility index (Phi) is 11.2. The third-order valence-electron chi connectivity index (χ3n) is 6.14. The van der Waals surface area contributed by atoms with Gasteiger partial charge in [0.25, 0.3) is 11.8 Å². The summed E-state index contributed by atoms with van der Waals surface area (Å²) in [4.78, 5) is 71.5. The Morgan fingerprint density at radius 2 is 2.00 bits per heavy atom. The number of β-lactam (4-membered cyclic amide) rings is 1. The van der Waals surface area contributed by atoms with E-state index >= 15 is 0 Å². The van der Waals surface area contributed by atoms with E-state index in [0.29, 0.717) is 30.2 Å². The van der Waals surface area contributed by atoms with Crippen molar-refractivity contribution >= 4 is 75.7 Å². The number of oxime groups is 1. The molecule has 2 aromatic heterocycles. The minimum absolute atomic E-state index is 0.00591. The molecule has 1 fully saturated rings. The maximum absolute atomic E-state index is 13.2. The van der Waals surface area contributed by atoms with E-state index in [1.807, 2.05) is 0 Å². The molecule has 23 heteroatoms. The summed E-state index contributed by atoms with van der Waals surface area (Å²) in [5, 5.41) is 39.1. The second-order valence-corrected chi connectivity index (χ2v) is 13.7. The van der Waals surface area contributed by atoms with Crippen LogP contribution in [0.2, 0.25) is 0 Å². The molecule has 254 valence electrons. The van der Waals surface area contributed by atoms with E-state index in [9.17, 15) is 29.1 Å². The number of carbonyl (C=O) groups is 5. The number of aryl methyl sites for hydroxylation is 1. The number of tetrazole rings is 1. The number of amides is 3. The standard InChI is InChI=1S/C24H31N11O9S3/c1-10(19(38)39)44-30-12(15-28-21(25)47-31-15)16(36)27-13-17(37)35-14(20(40)41)11(8-45-18(13)35)9-46-22-29-32-33-34(22)7-5-6-26-23(42)43-24(2,3)4/h10,13,18H,5-9H2,1-4H3,(H,26,42)(H,27,36)(H,38,39)(H,40,41)(H2,25,28,31)/b30-12+. The van der Waals surface area contributed by atoms with Crippen LogP contribution >= 0.6 is 35.1 Å². The minimum Gasteiger partial charge on any atom is -0.478 e. The zero-order chi connectivity index (χ0) is 34.5. The molecule has 2 aliphatic rings. The quantitative estimate of drug-likeness (QED) is 0.0554. The van der Waals surface area contributed by atoms with Crippen molar-refractivity contribution in [3.05, 3.63) is 17.1 Å². The lowest BCUT2D eigenvalue weighted by Crippen LogP contribution is -2.71. The fourth-order valence-electron chi connectivity index (χ4n) is 4.02. The van der Waals surface area contributed by atoms with E-state index in [1.54, 1.807) is 20.8 Å². The monoisotopic (exact) mass is 713 g/mol. The Labute approximate surface area is 279 Å². The molecule has 4 rings (SSSR count). The number of aromatic nitrogens is 6. The van der Waals surface area contributed by atoms with Crippen LogP contribution in [0.3, 0.4) is 0 Å². The van der Waals surface area contributed by atoms with E-state index in [4.69, 9.17) is 20.4 Å². The third-order valence-corrected chi connectivity index (χ3v) is 9.07. The van der Waals surface area contributed by atoms with E-state index in [0.717, 1.165) is 16.4 Å². The summed E-state index contributed by atoms with van der Waals surface area (Å²) in [6, 6.07) is -1.13. The molecule has 2 aromatic rings. The number of nitrogens with two attached hydrogens (primary N) is 1. The molecular formula is C24H31N11O9S3. The average Bonchev–Trinajstić information content (AvgIpc) is 3.63. The number of fused-ring (bicyclic) bond motifs is 1. The summed E-state index contributed by atoms with van der Waals surface area (Å²) in [6.07, 6.45) is -1.45. The first-order chi connectivity index (χ1) is 22.2. The van der Waals surface area contributed by atoms with Crippen LogP contribution in [0.5, 0.6) is 0 Å². The van der Waals surface area contributed by atoms with E-state index in [2.05, 4.69) is 40.7 Å². The molecule has 0 aliphatic carbocycles. The predicted molar refractivity (Wildman–Crippen MR) is 166 cm³/mol. The summed E-state index contributed by atoms with van der Waals surface area (Å²) in [5.41, 5.74) is 4.72. The number of carboxylic acids is 2. The summed E-state index contributed by atoms with van der Waals surface area (Å²) >= 11 is 3.19. The van der Waals surface area contributed by atoms with Gasteiger partial charge >= 0.3 is 18.0 Å². The number of aliphatic carboxylic acids is 2. The van der Waals surface area contributed by atoms with Crippen molar-refractivity contribution in [2.24, 2.45) is 5.16 Å². The third kappa shape index (κ3) is 8.85. The number of anilines is 1. The maximum Gasteiger partial charge on any atom is 0.407 e. The Bertz CT molecular complexity index is 1600. The number of carboxylic acid groups (broad SMARTS) is 2. The summed E-state index contributed by atoms with van der Waals surface area (Å²) in [5.74, 6) is -4.15. The number of hydrogen-bond donors (Lipinski definition) is 5. The fraction of sp³-hybridized carbons (Fsp3) is 0.542. The lowest BCUT2D eigenvalue weighted by atomic mass is 10.0. The van der Waals surface area contributed by atoms with E-state index < -0.39 is 58.7 Å². The number of carbonyl (C=O) groups excluding carboxylic acids is 3. The van der Waals surface area contributed by atoms with Crippen molar-refractivity contribution in [1.29, 1.82) is 0 Å². The van der Waals surface area contributed by atoms with Crippen molar-refractivity contribution in [1.82, 2.24) is 45.1 Å². The van der Waals surface area contributed by atoms with Crippen LogP contribution in [-0.4, -0.2) is 121 Å². The van der Waals surface area contributed by atoms with Gasteiger partial charge in [-0.2, -0.15) is 9.36 Å². The van der Waals surface area contributed by atoms with E-state index in [-0.39, 0.29) is 28.2 Å². The van der Waals surface area contributed by atoms with Gasteiger partial charge in [-0.1, -0.05) is 16.9 Å². The van der Waals surface area contributed by atoms with Crippen LogP contribution in [0.1, 0.15) is 39.9 Å². The molecule has 0 bridgehead atoms. The molecule has 3 amide bonds. The Hall–Kier alpha value is -4.51. The Morgan fingerprint density at radius 1 is 1.26 bits per heavy atom. The van der Waals surface area contributed by atoms with Gasteiger partial charge in [-0.05, 0) is 50.1 Å². The van der Waals surface area contributed by atoms with Gasteiger partial charge in [0.2, 0.25) is 22.8 Å². The van der Waals surface area contributed by atoms with Gasteiger partial charge in [0.15, 0.2) is 5.13 Å². The van der Waals surface area contributed by atoms with Gasteiger partial charge in [0, 0.05) is 36.1 Å². The highest BCUT2D eigenvalue weighted by molar-refractivity contribution is 8.01. The molecular weight excluding hydrogens is 683 g/mol. The van der Waals surface area contributed by atoms with Gasteiger partial charge in [0.05, 0.1) is 0 Å². The van der Waals surface area contributed by atoms with Gasteiger partial charge in [0.1, 0.15) is 22.7 Å². The van der Waals surface area contributed by atoms with Crippen LogP contribution in [0.15, 0.2) is 21.6 Å². The largest absolute Gasteiger partial charge is 0.478 e. The predicted octanol–water partition coefficient (Wildman–Crippen LogP) is -0.254. The fourth-order valence-corrected chi connectivity index (χ4v) is 6.84. The first-order valence-electron chi connectivity index (χ1n) is 13.8. The number of nitrogens with zero attached hydrogens (tertiary/aromatic N) is 8. The number of hydrogen-bond acceptors (Lipinski definition) is 17. The van der Waals surface area contributed by atoms with Crippen molar-refractivity contribution in [2.45, 2.75) is 68.9 Å². The molecule has 3 unspecified atom stereocenters. The molecule has 4 heterocycles. The SMILES string of the molecule is CC(O/N=C(/C(=O)NC1C(=O)N2C(C(=O)O)=C(CSc3nnnn3CCCNC(=O)OC(C)(C)C)CSC12)c1nsc(N)n1)C(=O)O. The molecule has 1 saturated heterocycles. The Balaban J connectivity index is 1.39. The summed E-state index contributed by atoms with van der Waals surface area (Å²) < 4.78 is 10.6. The lowest BCUT2D eigenvalue weighted by molar-refractivity contribution is -0.150. The first-order valence-corrected chi connectivity index (χ1v) is 16.6. The highest BCUT2D eigenvalue weighted by atomic mass is 32.2. The van der Waals surface area contributed by atoms with Crippen LogP contribution in [0, 0.1) is 0 Å². The van der Waals surface area contributed by atoms with Crippen molar-refractivity contribution in [2.75, 3.05) is 23.8 Å². The van der Waals surface area contributed by atoms with E-state index in [1.165, 1.54) is 35.1 Å². The highest BCUT2D eigenvalue weighted by Gasteiger charge is 2.54. The van der Waals surface area contributed by atoms with Crippen LogP contribution < -0.4 is 16.4 Å². The molecule has 20 nitrogen and oxygen atoms in total. The maximum atomic E-state index is 13.2. The molecule has 0 saturated carbocycles. The second-order valence-electron chi connectivity index (χ2n) is 10.9. The average molecular weight is 714 g/mol. The van der Waals surface area contributed by atoms with Crippen molar-refractivity contribution < 1.29 is 43.8 Å². The van der Waals surface area contributed by atoms with Crippen LogP contribution in [-0.2, 0) is 35.3 Å². The number of alkyl carbamates (subject to hydrolysis) is 1. The van der Waals surface area contributed by atoms with Gasteiger partial charge in [-0.25, -0.2) is 19.1 Å². The first kappa shape index (κ1) is 35.3. The number of thioether (sulfide) groups is 2. The minimum atomic E-state index is -1.41. The molecule has 3 atom stereocenters. The molecule has 6 N–H and O–H groups in total. The summed E-state index contributed by atoms with van der Waals surface area (Å²) in [6.45, 7) is 7.16. The zero-order valence-electron chi connectivity index (χ0n) is 25.4. The van der Waals surface area contributed by atoms with Gasteiger partial charge < -0.3 is 36.2 Å². The van der Waals surface area contributed by atoms with Crippen LogP contribution in [0.25, 0.3) is 0 Å². The highest BCUT2D eigenvalue weighted by Crippen LogP contribution is 2.41. The Morgan fingerprint density at radius 3 is 2.64 bits per heavy atom. The number of nitrogen functional groups attached to an aromatic ring is 1. The lowest BCUT2D eigenvalue weighted by Gasteiger charge is -2.49. The second kappa shape index (κ2) is 14.9. The van der Waals surface area contributed by atoms with Crippen molar-refractivity contribution in [3.63, 3.8) is 0 Å². The molecule has 0 spiro atoms. The molecule has 0 aromatic carbocycles.